The number of hydrogen-bond acceptors (Lipinski definition) is 4. The van der Waals surface area contributed by atoms with E-state index in [4.69, 9.17) is 4.74 Å². The van der Waals surface area contributed by atoms with Gasteiger partial charge in [-0.15, -0.1) is 11.3 Å². The molecule has 5 heteroatoms. The van der Waals surface area contributed by atoms with Crippen molar-refractivity contribution in [3.8, 4) is 0 Å². The molecule has 1 aliphatic rings. The topological polar surface area (TPSA) is 42.4 Å². The quantitative estimate of drug-likeness (QED) is 0.805. The highest BCUT2D eigenvalue weighted by molar-refractivity contribution is 7.09. The van der Waals surface area contributed by atoms with Crippen LogP contribution in [-0.4, -0.2) is 41.1 Å². The fourth-order valence-corrected chi connectivity index (χ4v) is 2.75. The van der Waals surface area contributed by atoms with E-state index in [2.05, 4.69) is 4.98 Å². The SMILES string of the molecule is Cc1nc(CC(=O)N2C[C@@H](C)O[C@H](C)C2)cs1. The van der Waals surface area contributed by atoms with E-state index in [1.54, 1.807) is 11.3 Å². The average molecular weight is 254 g/mol. The summed E-state index contributed by atoms with van der Waals surface area (Å²) in [5, 5.41) is 2.97. The average Bonchev–Trinajstić information content (AvgIpc) is 2.62. The summed E-state index contributed by atoms with van der Waals surface area (Å²) in [4.78, 5) is 18.3. The third kappa shape index (κ3) is 3.26. The zero-order valence-electron chi connectivity index (χ0n) is 10.5. The van der Waals surface area contributed by atoms with Gasteiger partial charge in [-0.1, -0.05) is 0 Å². The lowest BCUT2D eigenvalue weighted by atomic mass is 10.2. The molecule has 0 aliphatic carbocycles. The Kier molecular flexibility index (Phi) is 3.79. The highest BCUT2D eigenvalue weighted by Crippen LogP contribution is 2.14. The van der Waals surface area contributed by atoms with Crippen molar-refractivity contribution in [2.45, 2.75) is 39.4 Å². The Morgan fingerprint density at radius 1 is 1.53 bits per heavy atom. The number of carbonyl (C=O) groups excluding carboxylic acids is 1. The van der Waals surface area contributed by atoms with Gasteiger partial charge in [0.15, 0.2) is 0 Å². The van der Waals surface area contributed by atoms with Gasteiger partial charge in [0.1, 0.15) is 0 Å². The Bertz CT molecular complexity index is 395. The van der Waals surface area contributed by atoms with Crippen molar-refractivity contribution in [3.05, 3.63) is 16.1 Å². The summed E-state index contributed by atoms with van der Waals surface area (Å²) in [7, 11) is 0. The van der Waals surface area contributed by atoms with Crippen LogP contribution in [0, 0.1) is 6.92 Å². The van der Waals surface area contributed by atoms with Gasteiger partial charge in [-0.2, -0.15) is 0 Å². The second-order valence-electron chi connectivity index (χ2n) is 4.59. The summed E-state index contributed by atoms with van der Waals surface area (Å²) >= 11 is 1.59. The monoisotopic (exact) mass is 254 g/mol. The standard InChI is InChI=1S/C12H18N2O2S/c1-8-5-14(6-9(2)16-8)12(15)4-11-7-17-10(3)13-11/h7-9H,4-6H2,1-3H3/t8-,9-/m1/s1. The van der Waals surface area contributed by atoms with E-state index in [0.717, 1.165) is 10.7 Å². The Labute approximate surface area is 106 Å². The summed E-state index contributed by atoms with van der Waals surface area (Å²) in [6.07, 6.45) is 0.656. The van der Waals surface area contributed by atoms with Gasteiger partial charge in [0, 0.05) is 18.5 Å². The van der Waals surface area contributed by atoms with Crippen LogP contribution in [0.5, 0.6) is 0 Å². The van der Waals surface area contributed by atoms with Gasteiger partial charge < -0.3 is 9.64 Å². The molecule has 4 nitrogen and oxygen atoms in total. The predicted molar refractivity (Wildman–Crippen MR) is 67.1 cm³/mol. The lowest BCUT2D eigenvalue weighted by molar-refractivity contribution is -0.142. The number of rotatable bonds is 2. The molecule has 2 atom stereocenters. The summed E-state index contributed by atoms with van der Waals surface area (Å²) in [5.74, 6) is 0.150. The molecular weight excluding hydrogens is 236 g/mol. The van der Waals surface area contributed by atoms with Crippen molar-refractivity contribution in [2.75, 3.05) is 13.1 Å². The van der Waals surface area contributed by atoms with E-state index in [9.17, 15) is 4.79 Å². The maximum absolute atomic E-state index is 12.1. The molecule has 1 aromatic rings. The van der Waals surface area contributed by atoms with Gasteiger partial charge in [0.05, 0.1) is 29.3 Å². The lowest BCUT2D eigenvalue weighted by Gasteiger charge is -2.35. The maximum atomic E-state index is 12.1. The smallest absolute Gasteiger partial charge is 0.228 e. The van der Waals surface area contributed by atoms with Gasteiger partial charge in [-0.05, 0) is 20.8 Å². The molecule has 17 heavy (non-hydrogen) atoms. The minimum atomic E-state index is 0.125. The minimum absolute atomic E-state index is 0.125. The largest absolute Gasteiger partial charge is 0.372 e. The zero-order valence-corrected chi connectivity index (χ0v) is 11.3. The van der Waals surface area contributed by atoms with E-state index in [1.807, 2.05) is 31.1 Å². The lowest BCUT2D eigenvalue weighted by Crippen LogP contribution is -2.48. The molecular formula is C12H18N2O2S. The van der Waals surface area contributed by atoms with E-state index in [0.29, 0.717) is 19.5 Å². The first-order valence-corrected chi connectivity index (χ1v) is 6.77. The molecule has 1 aliphatic heterocycles. The van der Waals surface area contributed by atoms with Gasteiger partial charge >= 0.3 is 0 Å². The predicted octanol–water partition coefficient (Wildman–Crippen LogP) is 1.63. The number of aromatic nitrogens is 1. The van der Waals surface area contributed by atoms with Gasteiger partial charge in [0.25, 0.3) is 0 Å². The molecule has 1 amide bonds. The van der Waals surface area contributed by atoms with E-state index < -0.39 is 0 Å². The minimum Gasteiger partial charge on any atom is -0.372 e. The summed E-state index contributed by atoms with van der Waals surface area (Å²) < 4.78 is 5.61. The Hall–Kier alpha value is -0.940. The van der Waals surface area contributed by atoms with Crippen molar-refractivity contribution in [2.24, 2.45) is 0 Å². The van der Waals surface area contributed by atoms with Crippen LogP contribution in [0.1, 0.15) is 24.5 Å². The third-order valence-electron chi connectivity index (χ3n) is 2.77. The molecule has 94 valence electrons. The zero-order chi connectivity index (χ0) is 12.4. The summed E-state index contributed by atoms with van der Waals surface area (Å²) in [5.41, 5.74) is 0.879. The highest BCUT2D eigenvalue weighted by Gasteiger charge is 2.26. The summed E-state index contributed by atoms with van der Waals surface area (Å²) in [6, 6.07) is 0. The molecule has 2 heterocycles. The van der Waals surface area contributed by atoms with E-state index in [1.165, 1.54) is 0 Å². The molecule has 1 fully saturated rings. The molecule has 1 saturated heterocycles. The normalized spacial score (nSPS) is 25.0. The van der Waals surface area contributed by atoms with Crippen LogP contribution < -0.4 is 0 Å². The second-order valence-corrected chi connectivity index (χ2v) is 5.65. The van der Waals surface area contributed by atoms with Gasteiger partial charge in [0.2, 0.25) is 5.91 Å². The van der Waals surface area contributed by atoms with Crippen LogP contribution in [0.2, 0.25) is 0 Å². The van der Waals surface area contributed by atoms with Crippen LogP contribution in [0.4, 0.5) is 0 Å². The summed E-state index contributed by atoms with van der Waals surface area (Å²) in [6.45, 7) is 7.34. The van der Waals surface area contributed by atoms with Crippen molar-refractivity contribution in [1.29, 1.82) is 0 Å². The first-order chi connectivity index (χ1) is 8.04. The number of nitrogens with zero attached hydrogens (tertiary/aromatic N) is 2. The van der Waals surface area contributed by atoms with Crippen LogP contribution in [0.15, 0.2) is 5.38 Å². The second kappa shape index (κ2) is 5.14. The number of aryl methyl sites for hydroxylation is 1. The molecule has 2 rings (SSSR count). The van der Waals surface area contributed by atoms with Crippen LogP contribution in [0.25, 0.3) is 0 Å². The fourth-order valence-electron chi connectivity index (χ4n) is 2.14. The molecule has 0 aromatic carbocycles. The molecule has 0 spiro atoms. The van der Waals surface area contributed by atoms with Crippen molar-refractivity contribution in [1.82, 2.24) is 9.88 Å². The highest BCUT2D eigenvalue weighted by atomic mass is 32.1. The Morgan fingerprint density at radius 3 is 2.71 bits per heavy atom. The third-order valence-corrected chi connectivity index (χ3v) is 3.59. The van der Waals surface area contributed by atoms with Crippen LogP contribution in [0.3, 0.4) is 0 Å². The first-order valence-electron chi connectivity index (χ1n) is 5.89. The fraction of sp³-hybridized carbons (Fsp3) is 0.667. The van der Waals surface area contributed by atoms with E-state index in [-0.39, 0.29) is 18.1 Å². The molecule has 0 N–H and O–H groups in total. The Morgan fingerprint density at radius 2 is 2.18 bits per heavy atom. The van der Waals surface area contributed by atoms with Crippen molar-refractivity contribution >= 4 is 17.2 Å². The van der Waals surface area contributed by atoms with Crippen LogP contribution in [-0.2, 0) is 16.0 Å². The van der Waals surface area contributed by atoms with Crippen LogP contribution >= 0.6 is 11.3 Å². The Balaban J connectivity index is 1.95. The molecule has 0 unspecified atom stereocenters. The number of amides is 1. The van der Waals surface area contributed by atoms with Crippen molar-refractivity contribution < 1.29 is 9.53 Å². The number of carbonyl (C=O) groups is 1. The maximum Gasteiger partial charge on any atom is 0.228 e. The number of ether oxygens (including phenoxy) is 1. The number of morpholine rings is 1. The van der Waals surface area contributed by atoms with Crippen molar-refractivity contribution in [3.63, 3.8) is 0 Å². The first kappa shape index (κ1) is 12.5. The number of hydrogen-bond donors (Lipinski definition) is 0. The number of thiazole rings is 1. The van der Waals surface area contributed by atoms with Gasteiger partial charge in [-0.3, -0.25) is 4.79 Å². The molecule has 0 bridgehead atoms. The molecule has 0 radical (unpaired) electrons. The molecule has 1 aromatic heterocycles. The molecule has 0 saturated carbocycles. The van der Waals surface area contributed by atoms with Gasteiger partial charge in [-0.25, -0.2) is 4.98 Å². The van der Waals surface area contributed by atoms with E-state index >= 15 is 0 Å².